The van der Waals surface area contributed by atoms with Crippen molar-refractivity contribution >= 4 is 11.6 Å². The van der Waals surface area contributed by atoms with Gasteiger partial charge in [-0.2, -0.15) is 0 Å². The molecule has 2 heterocycles. The molecule has 0 amide bonds. The molecule has 138 valence electrons. The lowest BCUT2D eigenvalue weighted by Crippen LogP contribution is -2.17. The summed E-state index contributed by atoms with van der Waals surface area (Å²) < 4.78 is 8.88. The van der Waals surface area contributed by atoms with Crippen molar-refractivity contribution in [3.05, 3.63) is 70.1 Å². The lowest BCUT2D eigenvalue weighted by molar-refractivity contribution is 0.415. The van der Waals surface area contributed by atoms with Gasteiger partial charge in [-0.1, -0.05) is 23.7 Å². The maximum atomic E-state index is 13.1. The number of nitrogens with one attached hydrogen (secondary N) is 1. The number of methoxy groups -OCH3 is 1. The van der Waals surface area contributed by atoms with Crippen molar-refractivity contribution in [1.82, 2.24) is 14.3 Å². The largest absolute Gasteiger partial charge is 0.497 e. The van der Waals surface area contributed by atoms with Gasteiger partial charge in [0.15, 0.2) is 0 Å². The SMILES string of the molecule is COc1ccc(-c2c3c(=O)n(C(C)C)cc-3[nH]n2-c2ccccc2Cl)cc1. The molecule has 4 rings (SSSR count). The van der Waals surface area contributed by atoms with Crippen molar-refractivity contribution in [1.29, 1.82) is 0 Å². The molecular weight excluding hydrogens is 362 g/mol. The van der Waals surface area contributed by atoms with Crippen molar-refractivity contribution in [2.75, 3.05) is 7.11 Å². The van der Waals surface area contributed by atoms with Crippen molar-refractivity contribution in [2.45, 2.75) is 19.9 Å². The van der Waals surface area contributed by atoms with E-state index in [1.165, 1.54) is 0 Å². The van der Waals surface area contributed by atoms with Gasteiger partial charge in [0.05, 0.1) is 34.8 Å². The molecule has 0 aliphatic carbocycles. The van der Waals surface area contributed by atoms with Gasteiger partial charge in [-0.15, -0.1) is 0 Å². The van der Waals surface area contributed by atoms with Crippen LogP contribution >= 0.6 is 11.6 Å². The molecule has 0 unspecified atom stereocenters. The second kappa shape index (κ2) is 6.67. The number of hydrogen-bond acceptors (Lipinski definition) is 2. The fourth-order valence-corrected chi connectivity index (χ4v) is 3.55. The number of rotatable bonds is 4. The zero-order chi connectivity index (χ0) is 19.1. The van der Waals surface area contributed by atoms with Crippen molar-refractivity contribution in [2.24, 2.45) is 0 Å². The molecule has 0 radical (unpaired) electrons. The summed E-state index contributed by atoms with van der Waals surface area (Å²) in [7, 11) is 1.63. The van der Waals surface area contributed by atoms with Gasteiger partial charge in [-0.3, -0.25) is 14.6 Å². The first-order valence-corrected chi connectivity index (χ1v) is 9.14. The summed E-state index contributed by atoms with van der Waals surface area (Å²) in [6.45, 7) is 3.99. The molecular formula is C21H20ClN3O2. The number of H-pyrrole nitrogens is 1. The molecule has 0 aromatic heterocycles. The summed E-state index contributed by atoms with van der Waals surface area (Å²) in [4.78, 5) is 13.1. The predicted octanol–water partition coefficient (Wildman–Crippen LogP) is 4.98. The van der Waals surface area contributed by atoms with E-state index in [-0.39, 0.29) is 11.6 Å². The number of halogens is 1. The van der Waals surface area contributed by atoms with Gasteiger partial charge in [-0.05, 0) is 50.2 Å². The molecule has 1 N–H and O–H groups in total. The Kier molecular flexibility index (Phi) is 4.32. The molecule has 0 spiro atoms. The van der Waals surface area contributed by atoms with Crippen LogP contribution in [0.25, 0.3) is 28.2 Å². The van der Waals surface area contributed by atoms with E-state index >= 15 is 0 Å². The van der Waals surface area contributed by atoms with E-state index < -0.39 is 0 Å². The Morgan fingerprint density at radius 1 is 1.07 bits per heavy atom. The fraction of sp³-hybridized carbons (Fsp3) is 0.190. The van der Waals surface area contributed by atoms with E-state index in [2.05, 4.69) is 5.10 Å². The van der Waals surface area contributed by atoms with E-state index in [9.17, 15) is 4.79 Å². The van der Waals surface area contributed by atoms with E-state index in [1.807, 2.05) is 73.3 Å². The highest BCUT2D eigenvalue weighted by Crippen LogP contribution is 2.36. The number of aromatic amines is 1. The maximum absolute atomic E-state index is 13.1. The van der Waals surface area contributed by atoms with Crippen LogP contribution < -0.4 is 10.3 Å². The zero-order valence-electron chi connectivity index (χ0n) is 15.4. The summed E-state index contributed by atoms with van der Waals surface area (Å²) >= 11 is 6.44. The Bertz CT molecular complexity index is 1120. The molecule has 0 atom stereocenters. The Hall–Kier alpha value is -2.92. The second-order valence-corrected chi connectivity index (χ2v) is 7.11. The lowest BCUT2D eigenvalue weighted by atomic mass is 10.1. The van der Waals surface area contributed by atoms with Crippen LogP contribution in [0.4, 0.5) is 0 Å². The summed E-state index contributed by atoms with van der Waals surface area (Å²) in [5, 5.41) is 3.95. The molecule has 0 saturated heterocycles. The Balaban J connectivity index is 2.04. The molecule has 2 aromatic rings. The third kappa shape index (κ3) is 2.84. The number of fused-ring (bicyclic) bond motifs is 1. The minimum Gasteiger partial charge on any atom is -0.497 e. The minimum atomic E-state index is -0.0205. The van der Waals surface area contributed by atoms with Crippen LogP contribution in [0.15, 0.2) is 59.5 Å². The van der Waals surface area contributed by atoms with Gasteiger partial charge in [0, 0.05) is 17.8 Å². The van der Waals surface area contributed by atoms with Crippen LogP contribution in [0.3, 0.4) is 0 Å². The normalized spacial score (nSPS) is 11.4. The Morgan fingerprint density at radius 2 is 1.78 bits per heavy atom. The van der Waals surface area contributed by atoms with Crippen LogP contribution in [0, 0.1) is 0 Å². The van der Waals surface area contributed by atoms with E-state index in [4.69, 9.17) is 16.3 Å². The smallest absolute Gasteiger partial charge is 0.262 e. The van der Waals surface area contributed by atoms with Gasteiger partial charge in [-0.25, -0.2) is 0 Å². The van der Waals surface area contributed by atoms with E-state index in [0.717, 1.165) is 28.4 Å². The molecule has 2 aliphatic rings. The topological polar surface area (TPSA) is 51.9 Å². The van der Waals surface area contributed by atoms with Crippen LogP contribution in [-0.4, -0.2) is 21.5 Å². The second-order valence-electron chi connectivity index (χ2n) is 6.70. The number of benzene rings is 2. The number of ether oxygens (including phenoxy) is 1. The summed E-state index contributed by atoms with van der Waals surface area (Å²) in [5.41, 5.74) is 3.88. The van der Waals surface area contributed by atoms with E-state index in [0.29, 0.717) is 10.6 Å². The first-order chi connectivity index (χ1) is 13.0. The van der Waals surface area contributed by atoms with Gasteiger partial charge in [0.1, 0.15) is 5.75 Å². The van der Waals surface area contributed by atoms with Gasteiger partial charge in [0.2, 0.25) is 0 Å². The lowest BCUT2D eigenvalue weighted by Gasteiger charge is -2.12. The average Bonchev–Trinajstić information content (AvgIpc) is 3.19. The molecule has 2 aliphatic heterocycles. The van der Waals surface area contributed by atoms with Gasteiger partial charge in [0.25, 0.3) is 5.56 Å². The highest BCUT2D eigenvalue weighted by molar-refractivity contribution is 6.32. The Morgan fingerprint density at radius 3 is 2.41 bits per heavy atom. The standard InChI is InChI=1S/C21H20ClN3O2/c1-13(2)24-12-17-19(21(24)26)20(14-8-10-15(27-3)11-9-14)25(23-17)18-7-5-4-6-16(18)22/h4-13,23H,1-3H3. The molecule has 6 heteroatoms. The quantitative estimate of drug-likeness (QED) is 0.542. The number of hydrogen-bond donors (Lipinski definition) is 1. The summed E-state index contributed by atoms with van der Waals surface area (Å²) in [5.74, 6) is 0.761. The number of aromatic nitrogens is 3. The maximum Gasteiger partial charge on any atom is 0.262 e. The molecule has 0 bridgehead atoms. The van der Waals surface area contributed by atoms with Crippen molar-refractivity contribution < 1.29 is 4.74 Å². The molecule has 2 aromatic carbocycles. The highest BCUT2D eigenvalue weighted by atomic mass is 35.5. The highest BCUT2D eigenvalue weighted by Gasteiger charge is 2.26. The van der Waals surface area contributed by atoms with Crippen LogP contribution in [0.1, 0.15) is 19.9 Å². The number of nitrogens with zero attached hydrogens (tertiary/aromatic N) is 2. The van der Waals surface area contributed by atoms with Crippen molar-refractivity contribution in [3.8, 4) is 34.0 Å². The van der Waals surface area contributed by atoms with Crippen LogP contribution in [0.2, 0.25) is 5.02 Å². The third-order valence-corrected chi connectivity index (χ3v) is 5.01. The molecule has 5 nitrogen and oxygen atoms in total. The zero-order valence-corrected chi connectivity index (χ0v) is 16.1. The molecule has 0 fully saturated rings. The minimum absolute atomic E-state index is 0.0205. The fourth-order valence-electron chi connectivity index (χ4n) is 3.33. The van der Waals surface area contributed by atoms with Crippen molar-refractivity contribution in [3.63, 3.8) is 0 Å². The first kappa shape index (κ1) is 17.5. The monoisotopic (exact) mass is 381 g/mol. The number of para-hydroxylation sites is 1. The van der Waals surface area contributed by atoms with Crippen LogP contribution in [0.5, 0.6) is 5.75 Å². The van der Waals surface area contributed by atoms with Crippen LogP contribution in [-0.2, 0) is 0 Å². The van der Waals surface area contributed by atoms with E-state index in [1.54, 1.807) is 11.7 Å². The predicted molar refractivity (Wildman–Crippen MR) is 108 cm³/mol. The van der Waals surface area contributed by atoms with Gasteiger partial charge >= 0.3 is 0 Å². The summed E-state index contributed by atoms with van der Waals surface area (Å²) in [6.07, 6.45) is 1.86. The summed E-state index contributed by atoms with van der Waals surface area (Å²) in [6, 6.07) is 15.3. The van der Waals surface area contributed by atoms with Gasteiger partial charge < -0.3 is 9.30 Å². The first-order valence-electron chi connectivity index (χ1n) is 8.76. The molecule has 0 saturated carbocycles. The molecule has 27 heavy (non-hydrogen) atoms. The average molecular weight is 382 g/mol. The third-order valence-electron chi connectivity index (χ3n) is 4.69. The Labute approximate surface area is 162 Å².